The maximum atomic E-state index is 5.69. The van der Waals surface area contributed by atoms with Gasteiger partial charge in [-0.05, 0) is 30.5 Å². The third-order valence-electron chi connectivity index (χ3n) is 3.43. The van der Waals surface area contributed by atoms with Crippen molar-refractivity contribution in [2.75, 3.05) is 13.7 Å². The molecule has 0 saturated carbocycles. The first-order valence-electron chi connectivity index (χ1n) is 6.86. The number of rotatable bonds is 6. The minimum Gasteiger partial charge on any atom is -0.384 e. The molecule has 4 heteroatoms. The van der Waals surface area contributed by atoms with Crippen LogP contribution in [0.2, 0.25) is 0 Å². The van der Waals surface area contributed by atoms with Crippen molar-refractivity contribution < 1.29 is 4.74 Å². The van der Waals surface area contributed by atoms with E-state index in [1.807, 2.05) is 0 Å². The van der Waals surface area contributed by atoms with E-state index in [9.17, 15) is 0 Å². The molecule has 1 aromatic carbocycles. The summed E-state index contributed by atoms with van der Waals surface area (Å²) in [6, 6.07) is 6.29. The Kier molecular flexibility index (Phi) is 4.56. The van der Waals surface area contributed by atoms with Crippen LogP contribution in [-0.2, 0) is 24.2 Å². The Labute approximate surface area is 114 Å². The molecule has 0 aliphatic rings. The Bertz CT molecular complexity index is 548. The Morgan fingerprint density at radius 2 is 2.21 bits per heavy atom. The van der Waals surface area contributed by atoms with Crippen LogP contribution < -0.4 is 5.73 Å². The number of nitrogens with two attached hydrogens (primary N) is 1. The van der Waals surface area contributed by atoms with Gasteiger partial charge in [-0.25, -0.2) is 4.98 Å². The third kappa shape index (κ3) is 2.96. The lowest BCUT2D eigenvalue weighted by molar-refractivity contribution is 0.158. The fourth-order valence-corrected chi connectivity index (χ4v) is 2.52. The summed E-state index contributed by atoms with van der Waals surface area (Å²) in [5.74, 6) is 1.61. The number of aryl methyl sites for hydroxylation is 1. The predicted molar refractivity (Wildman–Crippen MR) is 78.0 cm³/mol. The van der Waals surface area contributed by atoms with Gasteiger partial charge in [0, 0.05) is 33.2 Å². The zero-order valence-corrected chi connectivity index (χ0v) is 12.0. The van der Waals surface area contributed by atoms with Crippen LogP contribution in [0.5, 0.6) is 0 Å². The molecule has 0 radical (unpaired) electrons. The molecular formula is C15H23N3O. The standard InChI is InChI=1S/C15H23N3O/c1-4-18-14-6-5-12(9-16)8-13(14)17-15(18)7-11(2)10-19-3/h5-6,8,11H,4,7,9-10,16H2,1-3H3. The average molecular weight is 261 g/mol. The maximum absolute atomic E-state index is 5.69. The quantitative estimate of drug-likeness (QED) is 0.868. The number of imidazole rings is 1. The summed E-state index contributed by atoms with van der Waals surface area (Å²) in [5.41, 5.74) is 9.06. The van der Waals surface area contributed by atoms with Crippen molar-refractivity contribution in [2.45, 2.75) is 33.4 Å². The van der Waals surface area contributed by atoms with Gasteiger partial charge in [0.25, 0.3) is 0 Å². The van der Waals surface area contributed by atoms with Gasteiger partial charge in [0.05, 0.1) is 11.0 Å². The normalized spacial score (nSPS) is 13.1. The molecule has 0 bridgehead atoms. The van der Waals surface area contributed by atoms with Crippen molar-refractivity contribution in [1.29, 1.82) is 0 Å². The first-order chi connectivity index (χ1) is 9.19. The van der Waals surface area contributed by atoms with E-state index in [1.165, 1.54) is 5.52 Å². The second-order valence-electron chi connectivity index (χ2n) is 5.06. The van der Waals surface area contributed by atoms with Crippen LogP contribution in [0.15, 0.2) is 18.2 Å². The lowest BCUT2D eigenvalue weighted by Crippen LogP contribution is -2.11. The smallest absolute Gasteiger partial charge is 0.110 e. The molecule has 0 fully saturated rings. The van der Waals surface area contributed by atoms with Crippen molar-refractivity contribution >= 4 is 11.0 Å². The second-order valence-corrected chi connectivity index (χ2v) is 5.06. The van der Waals surface area contributed by atoms with Gasteiger partial charge in [0.15, 0.2) is 0 Å². The molecule has 0 aliphatic heterocycles. The molecule has 19 heavy (non-hydrogen) atoms. The molecule has 1 atom stereocenters. The van der Waals surface area contributed by atoms with Gasteiger partial charge >= 0.3 is 0 Å². The maximum Gasteiger partial charge on any atom is 0.110 e. The number of fused-ring (bicyclic) bond motifs is 1. The zero-order chi connectivity index (χ0) is 13.8. The number of methoxy groups -OCH3 is 1. The molecule has 2 rings (SSSR count). The van der Waals surface area contributed by atoms with E-state index in [0.29, 0.717) is 12.5 Å². The minimum atomic E-state index is 0.473. The number of benzene rings is 1. The van der Waals surface area contributed by atoms with Gasteiger partial charge in [0.2, 0.25) is 0 Å². The van der Waals surface area contributed by atoms with Crippen molar-refractivity contribution in [1.82, 2.24) is 9.55 Å². The highest BCUT2D eigenvalue weighted by atomic mass is 16.5. The van der Waals surface area contributed by atoms with Crippen LogP contribution in [0, 0.1) is 5.92 Å². The van der Waals surface area contributed by atoms with Crippen LogP contribution in [0.3, 0.4) is 0 Å². The van der Waals surface area contributed by atoms with Crippen LogP contribution in [0.1, 0.15) is 25.2 Å². The molecule has 2 aromatic rings. The van der Waals surface area contributed by atoms with E-state index in [0.717, 1.165) is 36.5 Å². The molecule has 0 spiro atoms. The van der Waals surface area contributed by atoms with Crippen LogP contribution >= 0.6 is 0 Å². The summed E-state index contributed by atoms with van der Waals surface area (Å²) >= 11 is 0. The topological polar surface area (TPSA) is 53.1 Å². The lowest BCUT2D eigenvalue weighted by atomic mass is 10.1. The number of hydrogen-bond acceptors (Lipinski definition) is 3. The number of nitrogens with zero attached hydrogens (tertiary/aromatic N) is 2. The van der Waals surface area contributed by atoms with Gasteiger partial charge in [-0.2, -0.15) is 0 Å². The first-order valence-corrected chi connectivity index (χ1v) is 6.86. The molecule has 104 valence electrons. The largest absolute Gasteiger partial charge is 0.384 e. The second kappa shape index (κ2) is 6.17. The number of hydrogen-bond donors (Lipinski definition) is 1. The van der Waals surface area contributed by atoms with Crippen molar-refractivity contribution in [3.63, 3.8) is 0 Å². The first kappa shape index (κ1) is 14.0. The van der Waals surface area contributed by atoms with Crippen LogP contribution in [0.25, 0.3) is 11.0 Å². The van der Waals surface area contributed by atoms with Crippen molar-refractivity contribution in [2.24, 2.45) is 11.7 Å². The molecule has 4 nitrogen and oxygen atoms in total. The van der Waals surface area contributed by atoms with Crippen molar-refractivity contribution in [3.8, 4) is 0 Å². The highest BCUT2D eigenvalue weighted by molar-refractivity contribution is 5.77. The van der Waals surface area contributed by atoms with Gasteiger partial charge < -0.3 is 15.0 Å². The number of ether oxygens (including phenoxy) is 1. The van der Waals surface area contributed by atoms with E-state index >= 15 is 0 Å². The molecule has 1 unspecified atom stereocenters. The molecule has 0 amide bonds. The molecule has 2 N–H and O–H groups in total. The van der Waals surface area contributed by atoms with E-state index < -0.39 is 0 Å². The average Bonchev–Trinajstić information content (AvgIpc) is 2.74. The summed E-state index contributed by atoms with van der Waals surface area (Å²) in [4.78, 5) is 4.77. The van der Waals surface area contributed by atoms with E-state index in [2.05, 4.69) is 36.6 Å². The molecular weight excluding hydrogens is 238 g/mol. The SMILES string of the molecule is CCn1c(CC(C)COC)nc2cc(CN)ccc21. The Morgan fingerprint density at radius 1 is 1.42 bits per heavy atom. The minimum absolute atomic E-state index is 0.473. The van der Waals surface area contributed by atoms with E-state index in [1.54, 1.807) is 7.11 Å². The Hall–Kier alpha value is -1.39. The Morgan fingerprint density at radius 3 is 2.84 bits per heavy atom. The van der Waals surface area contributed by atoms with Gasteiger partial charge in [-0.3, -0.25) is 0 Å². The molecule has 0 saturated heterocycles. The van der Waals surface area contributed by atoms with Gasteiger partial charge in [0.1, 0.15) is 5.82 Å². The summed E-state index contributed by atoms with van der Waals surface area (Å²) in [6.45, 7) is 6.61. The highest BCUT2D eigenvalue weighted by Crippen LogP contribution is 2.20. The van der Waals surface area contributed by atoms with Gasteiger partial charge in [-0.1, -0.05) is 13.0 Å². The Balaban J connectivity index is 2.37. The van der Waals surface area contributed by atoms with Crippen molar-refractivity contribution in [3.05, 3.63) is 29.6 Å². The third-order valence-corrected chi connectivity index (χ3v) is 3.43. The van der Waals surface area contributed by atoms with Crippen LogP contribution in [-0.4, -0.2) is 23.3 Å². The highest BCUT2D eigenvalue weighted by Gasteiger charge is 2.13. The summed E-state index contributed by atoms with van der Waals surface area (Å²) < 4.78 is 7.49. The molecule has 0 aliphatic carbocycles. The van der Waals surface area contributed by atoms with E-state index in [-0.39, 0.29) is 0 Å². The fraction of sp³-hybridized carbons (Fsp3) is 0.533. The summed E-state index contributed by atoms with van der Waals surface area (Å²) in [7, 11) is 1.74. The lowest BCUT2D eigenvalue weighted by Gasteiger charge is -2.11. The summed E-state index contributed by atoms with van der Waals surface area (Å²) in [6.07, 6.45) is 0.939. The molecule has 1 aromatic heterocycles. The van der Waals surface area contributed by atoms with E-state index in [4.69, 9.17) is 15.5 Å². The zero-order valence-electron chi connectivity index (χ0n) is 12.0. The van der Waals surface area contributed by atoms with Gasteiger partial charge in [-0.15, -0.1) is 0 Å². The fourth-order valence-electron chi connectivity index (χ4n) is 2.52. The predicted octanol–water partition coefficient (Wildman–Crippen LogP) is 2.34. The molecule has 1 heterocycles. The summed E-state index contributed by atoms with van der Waals surface area (Å²) in [5, 5.41) is 0. The van der Waals surface area contributed by atoms with Crippen LogP contribution in [0.4, 0.5) is 0 Å². The number of aromatic nitrogens is 2. The monoisotopic (exact) mass is 261 g/mol.